The van der Waals surface area contributed by atoms with Crippen molar-refractivity contribution in [1.29, 1.82) is 5.26 Å². The van der Waals surface area contributed by atoms with E-state index in [0.717, 1.165) is 12.7 Å². The number of aryl methyl sites for hydroxylation is 1. The quantitative estimate of drug-likeness (QED) is 0.602. The number of nitriles is 1. The van der Waals surface area contributed by atoms with Crippen molar-refractivity contribution in [1.82, 2.24) is 0 Å². The lowest BCUT2D eigenvalue weighted by Crippen LogP contribution is -2.08. The summed E-state index contributed by atoms with van der Waals surface area (Å²) in [7, 11) is 0. The minimum absolute atomic E-state index is 0.193. The Morgan fingerprint density at radius 3 is 2.67 bits per heavy atom. The molecule has 1 atom stereocenters. The van der Waals surface area contributed by atoms with Crippen LogP contribution in [0.25, 0.3) is 0 Å². The standard InChI is InChI=1S/C14H16FNOS/c1-9(2)4-12(8-17)18-14-5-10(3)13(15)6-11(14)7-16/h5-6,8-9,12H,4H2,1-3H3. The molecule has 1 unspecified atom stereocenters. The van der Waals surface area contributed by atoms with Gasteiger partial charge in [-0.1, -0.05) is 13.8 Å². The Morgan fingerprint density at radius 2 is 2.17 bits per heavy atom. The Kier molecular flexibility index (Phi) is 5.36. The lowest BCUT2D eigenvalue weighted by molar-refractivity contribution is -0.107. The molecular weight excluding hydrogens is 249 g/mol. The average Bonchev–Trinajstić information content (AvgIpc) is 2.31. The normalized spacial score (nSPS) is 12.2. The third-order valence-electron chi connectivity index (χ3n) is 2.52. The minimum Gasteiger partial charge on any atom is -0.302 e. The van der Waals surface area contributed by atoms with Crippen LogP contribution >= 0.6 is 11.8 Å². The number of hydrogen-bond donors (Lipinski definition) is 0. The molecule has 1 aromatic rings. The van der Waals surface area contributed by atoms with E-state index >= 15 is 0 Å². The van der Waals surface area contributed by atoms with Crippen molar-refractivity contribution in [3.8, 4) is 6.07 Å². The zero-order valence-electron chi connectivity index (χ0n) is 10.7. The Hall–Kier alpha value is -1.34. The molecule has 0 saturated carbocycles. The zero-order valence-corrected chi connectivity index (χ0v) is 11.6. The van der Waals surface area contributed by atoms with Crippen molar-refractivity contribution in [3.05, 3.63) is 29.1 Å². The predicted octanol–water partition coefficient (Wildman–Crippen LogP) is 3.71. The minimum atomic E-state index is -0.387. The molecule has 0 N–H and O–H groups in total. The first-order valence-electron chi connectivity index (χ1n) is 5.80. The Labute approximate surface area is 111 Å². The van der Waals surface area contributed by atoms with E-state index in [4.69, 9.17) is 5.26 Å². The highest BCUT2D eigenvalue weighted by molar-refractivity contribution is 8.00. The number of carbonyl (C=O) groups excluding carboxylic acids is 1. The first-order valence-corrected chi connectivity index (χ1v) is 6.68. The van der Waals surface area contributed by atoms with Gasteiger partial charge < -0.3 is 4.79 Å². The molecule has 0 spiro atoms. The van der Waals surface area contributed by atoms with E-state index in [2.05, 4.69) is 0 Å². The van der Waals surface area contributed by atoms with Crippen LogP contribution in [0.3, 0.4) is 0 Å². The maximum atomic E-state index is 13.3. The molecule has 0 radical (unpaired) electrons. The summed E-state index contributed by atoms with van der Waals surface area (Å²) in [6.45, 7) is 5.73. The first kappa shape index (κ1) is 14.7. The molecule has 0 aliphatic heterocycles. The summed E-state index contributed by atoms with van der Waals surface area (Å²) in [5.41, 5.74) is 0.782. The van der Waals surface area contributed by atoms with Gasteiger partial charge in [-0.3, -0.25) is 0 Å². The van der Waals surface area contributed by atoms with E-state index in [9.17, 15) is 9.18 Å². The highest BCUT2D eigenvalue weighted by Gasteiger charge is 2.15. The van der Waals surface area contributed by atoms with Gasteiger partial charge in [0.25, 0.3) is 0 Å². The lowest BCUT2D eigenvalue weighted by atomic mass is 10.1. The van der Waals surface area contributed by atoms with Crippen molar-refractivity contribution in [3.63, 3.8) is 0 Å². The molecule has 1 aromatic carbocycles. The molecule has 18 heavy (non-hydrogen) atoms. The van der Waals surface area contributed by atoms with Gasteiger partial charge in [-0.2, -0.15) is 5.26 Å². The first-order chi connectivity index (χ1) is 8.47. The van der Waals surface area contributed by atoms with Crippen LogP contribution in [0.2, 0.25) is 0 Å². The number of rotatable bonds is 5. The van der Waals surface area contributed by atoms with E-state index in [1.54, 1.807) is 13.0 Å². The molecule has 0 aromatic heterocycles. The molecule has 0 heterocycles. The van der Waals surface area contributed by atoms with Crippen LogP contribution in [0, 0.1) is 30.0 Å². The Bertz CT molecular complexity index is 479. The zero-order chi connectivity index (χ0) is 13.7. The summed E-state index contributed by atoms with van der Waals surface area (Å²) < 4.78 is 13.3. The van der Waals surface area contributed by atoms with Gasteiger partial charge in [0.05, 0.1) is 10.8 Å². The molecule has 0 saturated heterocycles. The van der Waals surface area contributed by atoms with Crippen molar-refractivity contribution in [2.75, 3.05) is 0 Å². The maximum absolute atomic E-state index is 13.3. The number of halogens is 1. The number of aldehydes is 1. The Morgan fingerprint density at radius 1 is 1.50 bits per heavy atom. The highest BCUT2D eigenvalue weighted by atomic mass is 32.2. The van der Waals surface area contributed by atoms with Gasteiger partial charge in [-0.15, -0.1) is 11.8 Å². The van der Waals surface area contributed by atoms with Crippen molar-refractivity contribution < 1.29 is 9.18 Å². The average molecular weight is 265 g/mol. The molecule has 0 aliphatic rings. The van der Waals surface area contributed by atoms with E-state index < -0.39 is 0 Å². The fourth-order valence-electron chi connectivity index (χ4n) is 1.60. The number of thioether (sulfide) groups is 1. The van der Waals surface area contributed by atoms with Gasteiger partial charge in [0.2, 0.25) is 0 Å². The van der Waals surface area contributed by atoms with Gasteiger partial charge >= 0.3 is 0 Å². The highest BCUT2D eigenvalue weighted by Crippen LogP contribution is 2.30. The topological polar surface area (TPSA) is 40.9 Å². The van der Waals surface area contributed by atoms with Crippen LogP contribution in [0.4, 0.5) is 4.39 Å². The van der Waals surface area contributed by atoms with Crippen LogP contribution in [0.5, 0.6) is 0 Å². The second-order valence-electron chi connectivity index (χ2n) is 4.63. The van der Waals surface area contributed by atoms with Crippen LogP contribution in [0.15, 0.2) is 17.0 Å². The van der Waals surface area contributed by atoms with E-state index in [1.165, 1.54) is 17.8 Å². The molecule has 1 rings (SSSR count). The van der Waals surface area contributed by atoms with Crippen LogP contribution in [-0.2, 0) is 4.79 Å². The van der Waals surface area contributed by atoms with E-state index in [0.29, 0.717) is 21.9 Å². The van der Waals surface area contributed by atoms with Crippen LogP contribution in [-0.4, -0.2) is 11.5 Å². The van der Waals surface area contributed by atoms with Crippen molar-refractivity contribution in [2.45, 2.75) is 37.3 Å². The van der Waals surface area contributed by atoms with E-state index in [-0.39, 0.29) is 11.1 Å². The third-order valence-corrected chi connectivity index (χ3v) is 3.71. The fourth-order valence-corrected chi connectivity index (χ4v) is 2.94. The lowest BCUT2D eigenvalue weighted by Gasteiger charge is -2.14. The second kappa shape index (κ2) is 6.55. The molecule has 0 bridgehead atoms. The largest absolute Gasteiger partial charge is 0.302 e. The molecule has 96 valence electrons. The van der Waals surface area contributed by atoms with Gasteiger partial charge in [-0.05, 0) is 37.0 Å². The molecule has 0 aliphatic carbocycles. The number of hydrogen-bond acceptors (Lipinski definition) is 3. The van der Waals surface area contributed by atoms with Gasteiger partial charge in [0.1, 0.15) is 18.2 Å². The summed E-state index contributed by atoms with van der Waals surface area (Å²) >= 11 is 1.33. The second-order valence-corrected chi connectivity index (χ2v) is 5.91. The van der Waals surface area contributed by atoms with Crippen molar-refractivity contribution in [2.24, 2.45) is 5.92 Å². The summed E-state index contributed by atoms with van der Waals surface area (Å²) in [4.78, 5) is 11.7. The summed E-state index contributed by atoms with van der Waals surface area (Å²) in [5, 5.41) is 8.79. The summed E-state index contributed by atoms with van der Waals surface area (Å²) in [5.74, 6) is 0.0159. The van der Waals surface area contributed by atoms with E-state index in [1.807, 2.05) is 19.9 Å². The summed E-state index contributed by atoms with van der Waals surface area (Å²) in [6.07, 6.45) is 1.64. The van der Waals surface area contributed by atoms with Crippen LogP contribution < -0.4 is 0 Å². The molecule has 0 amide bonds. The van der Waals surface area contributed by atoms with Gasteiger partial charge in [0.15, 0.2) is 0 Å². The van der Waals surface area contributed by atoms with Crippen LogP contribution in [0.1, 0.15) is 31.4 Å². The van der Waals surface area contributed by atoms with Crippen molar-refractivity contribution >= 4 is 18.0 Å². The van der Waals surface area contributed by atoms with Gasteiger partial charge in [0, 0.05) is 4.90 Å². The summed E-state index contributed by atoms with van der Waals surface area (Å²) in [6, 6.07) is 4.83. The molecule has 4 heteroatoms. The number of carbonyl (C=O) groups is 1. The fraction of sp³-hybridized carbons (Fsp3) is 0.429. The van der Waals surface area contributed by atoms with Gasteiger partial charge in [-0.25, -0.2) is 4.39 Å². The maximum Gasteiger partial charge on any atom is 0.133 e. The number of nitrogens with zero attached hydrogens (tertiary/aromatic N) is 1. The predicted molar refractivity (Wildman–Crippen MR) is 71.0 cm³/mol. The monoisotopic (exact) mass is 265 g/mol. The third kappa shape index (κ3) is 3.85. The Balaban J connectivity index is 2.99. The smallest absolute Gasteiger partial charge is 0.133 e. The molecular formula is C14H16FNOS. The number of benzene rings is 1. The molecule has 2 nitrogen and oxygen atoms in total. The SMILES string of the molecule is Cc1cc(SC(C=O)CC(C)C)c(C#N)cc1F. The molecule has 0 fully saturated rings.